The number of aryl methyl sites for hydroxylation is 2. The van der Waals surface area contributed by atoms with Crippen molar-refractivity contribution in [2.75, 3.05) is 0 Å². The Labute approximate surface area is 158 Å². The van der Waals surface area contributed by atoms with Crippen molar-refractivity contribution in [1.29, 1.82) is 0 Å². The molecule has 2 N–H and O–H groups in total. The highest BCUT2D eigenvalue weighted by atomic mass is 32.1. The number of thiazole rings is 1. The van der Waals surface area contributed by atoms with E-state index in [1.54, 1.807) is 11.3 Å². The maximum atomic E-state index is 12.3. The molecule has 0 radical (unpaired) electrons. The molecule has 138 valence electrons. The van der Waals surface area contributed by atoms with Crippen LogP contribution in [0.4, 0.5) is 0 Å². The highest BCUT2D eigenvalue weighted by molar-refractivity contribution is 7.09. The summed E-state index contributed by atoms with van der Waals surface area (Å²) in [5.41, 5.74) is 3.07. The summed E-state index contributed by atoms with van der Waals surface area (Å²) in [5.74, 6) is 0.0815. The lowest BCUT2D eigenvalue weighted by Crippen LogP contribution is -2.44. The summed E-state index contributed by atoms with van der Waals surface area (Å²) in [6.45, 7) is 4.47. The van der Waals surface area contributed by atoms with Crippen LogP contribution in [0.15, 0.2) is 29.6 Å². The number of benzene rings is 1. The van der Waals surface area contributed by atoms with Gasteiger partial charge in [-0.1, -0.05) is 29.8 Å². The molecule has 2 heterocycles. The Kier molecular flexibility index (Phi) is 5.71. The number of hydrogen-bond acceptors (Lipinski definition) is 4. The zero-order valence-electron chi connectivity index (χ0n) is 15.3. The minimum absolute atomic E-state index is 0.00211. The van der Waals surface area contributed by atoms with E-state index in [1.165, 1.54) is 11.1 Å². The second kappa shape index (κ2) is 7.99. The van der Waals surface area contributed by atoms with Gasteiger partial charge in [0.05, 0.1) is 6.54 Å². The standard InChI is InChI=1S/C20H25N3O2S/c1-14-3-5-16(6-4-14)11-20(10-8-18(25)23-20)9-7-17(24)21-12-19-22-15(2)13-26-19/h3-6,13H,7-12H2,1-2H3,(H,21,24)(H,23,25)/t20-/m1/s1. The summed E-state index contributed by atoms with van der Waals surface area (Å²) >= 11 is 1.55. The number of rotatable bonds is 7. The molecule has 2 amide bonds. The van der Waals surface area contributed by atoms with E-state index < -0.39 is 0 Å². The van der Waals surface area contributed by atoms with E-state index >= 15 is 0 Å². The molecule has 1 aromatic heterocycles. The van der Waals surface area contributed by atoms with E-state index in [1.807, 2.05) is 12.3 Å². The Balaban J connectivity index is 1.56. The number of aromatic nitrogens is 1. The van der Waals surface area contributed by atoms with E-state index in [2.05, 4.69) is 46.8 Å². The van der Waals surface area contributed by atoms with Gasteiger partial charge in [0.2, 0.25) is 11.8 Å². The lowest BCUT2D eigenvalue weighted by molar-refractivity contribution is -0.122. The van der Waals surface area contributed by atoms with Crippen LogP contribution in [-0.4, -0.2) is 22.3 Å². The maximum absolute atomic E-state index is 12.3. The highest BCUT2D eigenvalue weighted by Crippen LogP contribution is 2.29. The first-order chi connectivity index (χ1) is 12.4. The van der Waals surface area contributed by atoms with E-state index in [-0.39, 0.29) is 17.4 Å². The average molecular weight is 372 g/mol. The number of amides is 2. The number of hydrogen-bond donors (Lipinski definition) is 2. The van der Waals surface area contributed by atoms with Crippen molar-refractivity contribution in [1.82, 2.24) is 15.6 Å². The van der Waals surface area contributed by atoms with Crippen LogP contribution >= 0.6 is 11.3 Å². The SMILES string of the molecule is Cc1ccc(C[C@@]2(CCC(=O)NCc3nc(C)cs3)CCC(=O)N2)cc1. The van der Waals surface area contributed by atoms with Crippen LogP contribution < -0.4 is 10.6 Å². The fraction of sp³-hybridized carbons (Fsp3) is 0.450. The Morgan fingerprint density at radius 2 is 2.08 bits per heavy atom. The van der Waals surface area contributed by atoms with Crippen LogP contribution in [-0.2, 0) is 22.6 Å². The number of carbonyl (C=O) groups is 2. The van der Waals surface area contributed by atoms with Crippen molar-refractivity contribution in [3.8, 4) is 0 Å². The van der Waals surface area contributed by atoms with Crippen molar-refractivity contribution >= 4 is 23.2 Å². The molecule has 0 unspecified atom stereocenters. The van der Waals surface area contributed by atoms with E-state index in [0.717, 1.165) is 23.5 Å². The minimum atomic E-state index is -0.318. The predicted octanol–water partition coefficient (Wildman–Crippen LogP) is 3.05. The van der Waals surface area contributed by atoms with Crippen LogP contribution in [0, 0.1) is 13.8 Å². The fourth-order valence-corrected chi connectivity index (χ4v) is 4.09. The lowest BCUT2D eigenvalue weighted by Gasteiger charge is -2.29. The van der Waals surface area contributed by atoms with Gasteiger partial charge in [-0.25, -0.2) is 4.98 Å². The van der Waals surface area contributed by atoms with Gasteiger partial charge in [0.1, 0.15) is 5.01 Å². The first-order valence-corrected chi connectivity index (χ1v) is 9.86. The molecule has 1 aliphatic rings. The van der Waals surface area contributed by atoms with Crippen LogP contribution in [0.3, 0.4) is 0 Å². The molecule has 1 fully saturated rings. The van der Waals surface area contributed by atoms with Gasteiger partial charge >= 0.3 is 0 Å². The first kappa shape index (κ1) is 18.6. The minimum Gasteiger partial charge on any atom is -0.350 e. The largest absolute Gasteiger partial charge is 0.350 e. The molecular weight excluding hydrogens is 346 g/mol. The van der Waals surface area contributed by atoms with Crippen molar-refractivity contribution in [3.63, 3.8) is 0 Å². The first-order valence-electron chi connectivity index (χ1n) is 8.98. The Bertz CT molecular complexity index is 785. The summed E-state index contributed by atoms with van der Waals surface area (Å²) in [5, 5.41) is 8.96. The molecule has 1 saturated heterocycles. The zero-order valence-corrected chi connectivity index (χ0v) is 16.1. The summed E-state index contributed by atoms with van der Waals surface area (Å²) in [4.78, 5) is 28.4. The summed E-state index contributed by atoms with van der Waals surface area (Å²) in [6.07, 6.45) is 3.12. The molecule has 3 rings (SSSR count). The molecule has 26 heavy (non-hydrogen) atoms. The summed E-state index contributed by atoms with van der Waals surface area (Å²) < 4.78 is 0. The van der Waals surface area contributed by atoms with Gasteiger partial charge in [0, 0.05) is 29.5 Å². The van der Waals surface area contributed by atoms with Crippen LogP contribution in [0.2, 0.25) is 0 Å². The maximum Gasteiger partial charge on any atom is 0.220 e. The molecule has 0 saturated carbocycles. The smallest absolute Gasteiger partial charge is 0.220 e. The Hall–Kier alpha value is -2.21. The summed E-state index contributed by atoms with van der Waals surface area (Å²) in [7, 11) is 0. The van der Waals surface area contributed by atoms with Crippen molar-refractivity contribution in [2.45, 2.75) is 58.0 Å². The monoisotopic (exact) mass is 371 g/mol. The van der Waals surface area contributed by atoms with Crippen LogP contribution in [0.5, 0.6) is 0 Å². The van der Waals surface area contributed by atoms with Crippen molar-refractivity contribution in [3.05, 3.63) is 51.5 Å². The van der Waals surface area contributed by atoms with Gasteiger partial charge in [-0.2, -0.15) is 0 Å². The average Bonchev–Trinajstić information content (AvgIpc) is 3.19. The summed E-state index contributed by atoms with van der Waals surface area (Å²) in [6, 6.07) is 8.38. The third kappa shape index (κ3) is 4.91. The second-order valence-electron chi connectivity index (χ2n) is 7.15. The second-order valence-corrected chi connectivity index (χ2v) is 8.09. The molecule has 6 heteroatoms. The number of nitrogens with zero attached hydrogens (tertiary/aromatic N) is 1. The fourth-order valence-electron chi connectivity index (χ4n) is 3.38. The topological polar surface area (TPSA) is 71.1 Å². The lowest BCUT2D eigenvalue weighted by atomic mass is 9.84. The molecule has 2 aromatic rings. The molecule has 1 atom stereocenters. The highest BCUT2D eigenvalue weighted by Gasteiger charge is 2.37. The van der Waals surface area contributed by atoms with E-state index in [0.29, 0.717) is 25.8 Å². The van der Waals surface area contributed by atoms with Gasteiger partial charge < -0.3 is 10.6 Å². The molecule has 0 bridgehead atoms. The van der Waals surface area contributed by atoms with Gasteiger partial charge in [0.15, 0.2) is 0 Å². The molecular formula is C20H25N3O2S. The normalized spacial score (nSPS) is 19.4. The van der Waals surface area contributed by atoms with Crippen LogP contribution in [0.1, 0.15) is 47.5 Å². The van der Waals surface area contributed by atoms with E-state index in [4.69, 9.17) is 0 Å². The van der Waals surface area contributed by atoms with Gasteiger partial charge in [0.25, 0.3) is 0 Å². The molecule has 0 spiro atoms. The molecule has 5 nitrogen and oxygen atoms in total. The number of carbonyl (C=O) groups excluding carboxylic acids is 2. The van der Waals surface area contributed by atoms with Crippen molar-refractivity contribution < 1.29 is 9.59 Å². The molecule has 1 aliphatic heterocycles. The Morgan fingerprint density at radius 1 is 1.31 bits per heavy atom. The van der Waals surface area contributed by atoms with Gasteiger partial charge in [-0.3, -0.25) is 9.59 Å². The number of nitrogens with one attached hydrogen (secondary N) is 2. The van der Waals surface area contributed by atoms with Crippen LogP contribution in [0.25, 0.3) is 0 Å². The quantitative estimate of drug-likeness (QED) is 0.786. The molecule has 0 aliphatic carbocycles. The van der Waals surface area contributed by atoms with E-state index in [9.17, 15) is 9.59 Å². The Morgan fingerprint density at radius 3 is 2.69 bits per heavy atom. The van der Waals surface area contributed by atoms with Gasteiger partial charge in [-0.05, 0) is 38.7 Å². The third-order valence-electron chi connectivity index (χ3n) is 4.83. The third-order valence-corrected chi connectivity index (χ3v) is 5.80. The van der Waals surface area contributed by atoms with Crippen molar-refractivity contribution in [2.24, 2.45) is 0 Å². The van der Waals surface area contributed by atoms with Gasteiger partial charge in [-0.15, -0.1) is 11.3 Å². The zero-order chi connectivity index (χ0) is 18.6. The predicted molar refractivity (Wildman–Crippen MR) is 103 cm³/mol. The molecule has 1 aromatic carbocycles.